The number of aliphatic hydroxyl groups is 1. The molecule has 0 bridgehead atoms. The van der Waals surface area contributed by atoms with E-state index in [4.69, 9.17) is 17.3 Å². The first kappa shape index (κ1) is 9.08. The lowest BCUT2D eigenvalue weighted by molar-refractivity contribution is -0.169. The molecule has 1 aliphatic rings. The van der Waals surface area contributed by atoms with Crippen LogP contribution in [0.3, 0.4) is 0 Å². The minimum atomic E-state index is -1.96. The second-order valence-corrected chi connectivity index (χ2v) is 2.90. The lowest BCUT2D eigenvalue weighted by Gasteiger charge is -2.29. The summed E-state index contributed by atoms with van der Waals surface area (Å²) in [4.78, 5) is 15.4. The summed E-state index contributed by atoms with van der Waals surface area (Å²) in [5, 5.41) is 18.1. The first-order valence-electron chi connectivity index (χ1n) is 3.26. The molecule has 66 valence electrons. The number of aliphatic imine (C=N–C) groups is 1. The maximum absolute atomic E-state index is 10.5. The molecule has 1 heterocycles. The molecular weight excluding hydrogens is 180 g/mol. The number of carboxylic acids is 1. The fourth-order valence-corrected chi connectivity index (χ4v) is 1.15. The smallest absolute Gasteiger partial charge is 0.357 e. The van der Waals surface area contributed by atoms with E-state index in [1.54, 1.807) is 0 Å². The highest BCUT2D eigenvalue weighted by Gasteiger charge is 2.39. The van der Waals surface area contributed by atoms with Crippen molar-refractivity contribution in [3.8, 4) is 0 Å². The minimum Gasteiger partial charge on any atom is -0.478 e. The molecule has 1 atom stereocenters. The van der Waals surface area contributed by atoms with Gasteiger partial charge in [-0.3, -0.25) is 0 Å². The Labute approximate surface area is 74.3 Å². The highest BCUT2D eigenvalue weighted by molar-refractivity contribution is 7.80. The summed E-state index contributed by atoms with van der Waals surface area (Å²) in [7, 11) is 0. The van der Waals surface area contributed by atoms with Crippen molar-refractivity contribution in [2.75, 3.05) is 6.54 Å². The molecule has 0 amide bonds. The van der Waals surface area contributed by atoms with Crippen LogP contribution in [0.1, 0.15) is 6.92 Å². The molecule has 0 fully saturated rings. The summed E-state index contributed by atoms with van der Waals surface area (Å²) in [5.74, 6) is -1.34. The van der Waals surface area contributed by atoms with Crippen LogP contribution in [-0.4, -0.2) is 44.7 Å². The standard InChI is InChI=1S/C6H8N2O3S/c1-6(11,4(9)10)8-3-2-7-5(8)12/h2,11H,3H2,1H3,(H,9,10). The summed E-state index contributed by atoms with van der Waals surface area (Å²) in [6, 6.07) is 0. The van der Waals surface area contributed by atoms with Gasteiger partial charge in [-0.15, -0.1) is 0 Å². The van der Waals surface area contributed by atoms with Crippen molar-refractivity contribution in [3.05, 3.63) is 0 Å². The quantitative estimate of drug-likeness (QED) is 0.569. The van der Waals surface area contributed by atoms with Gasteiger partial charge < -0.3 is 15.1 Å². The van der Waals surface area contributed by atoms with E-state index in [1.807, 2.05) is 0 Å². The molecule has 0 saturated carbocycles. The van der Waals surface area contributed by atoms with Crippen molar-refractivity contribution in [3.63, 3.8) is 0 Å². The predicted molar refractivity (Wildman–Crippen MR) is 46.1 cm³/mol. The summed E-state index contributed by atoms with van der Waals surface area (Å²) in [6.45, 7) is 1.40. The Morgan fingerprint density at radius 2 is 2.50 bits per heavy atom. The molecular formula is C6H8N2O3S. The number of carboxylic acid groups (broad SMARTS) is 1. The highest BCUT2D eigenvalue weighted by atomic mass is 32.1. The maximum atomic E-state index is 10.5. The van der Waals surface area contributed by atoms with E-state index in [2.05, 4.69) is 4.99 Å². The predicted octanol–water partition coefficient (Wildman–Crippen LogP) is -0.549. The molecule has 12 heavy (non-hydrogen) atoms. The van der Waals surface area contributed by atoms with Crippen molar-refractivity contribution >= 4 is 29.5 Å². The zero-order chi connectivity index (χ0) is 9.35. The average Bonchev–Trinajstić information content (AvgIpc) is 2.35. The van der Waals surface area contributed by atoms with Gasteiger partial charge in [-0.1, -0.05) is 0 Å². The maximum Gasteiger partial charge on any atom is 0.357 e. The van der Waals surface area contributed by atoms with E-state index in [9.17, 15) is 9.90 Å². The van der Waals surface area contributed by atoms with Gasteiger partial charge in [0.1, 0.15) is 0 Å². The highest BCUT2D eigenvalue weighted by Crippen LogP contribution is 2.15. The largest absolute Gasteiger partial charge is 0.478 e. The molecule has 0 aliphatic carbocycles. The molecule has 1 unspecified atom stereocenters. The molecule has 0 radical (unpaired) electrons. The van der Waals surface area contributed by atoms with Crippen molar-refractivity contribution < 1.29 is 15.0 Å². The van der Waals surface area contributed by atoms with Gasteiger partial charge in [0.2, 0.25) is 5.72 Å². The number of aliphatic carboxylic acids is 1. The van der Waals surface area contributed by atoms with E-state index in [1.165, 1.54) is 6.21 Å². The molecule has 0 aromatic carbocycles. The summed E-state index contributed by atoms with van der Waals surface area (Å²) in [6.07, 6.45) is 1.46. The van der Waals surface area contributed by atoms with Crippen LogP contribution in [0.25, 0.3) is 0 Å². The number of nitrogens with zero attached hydrogens (tertiary/aromatic N) is 2. The van der Waals surface area contributed by atoms with Crippen LogP contribution in [0.2, 0.25) is 0 Å². The second-order valence-electron chi connectivity index (χ2n) is 2.53. The van der Waals surface area contributed by atoms with Gasteiger partial charge in [0.25, 0.3) is 0 Å². The Kier molecular flexibility index (Phi) is 2.12. The zero-order valence-electron chi connectivity index (χ0n) is 6.39. The van der Waals surface area contributed by atoms with Gasteiger partial charge in [-0.2, -0.15) is 0 Å². The fourth-order valence-electron chi connectivity index (χ4n) is 0.828. The van der Waals surface area contributed by atoms with Crippen LogP contribution >= 0.6 is 12.2 Å². The Balaban J connectivity index is 2.83. The monoisotopic (exact) mass is 188 g/mol. The lowest BCUT2D eigenvalue weighted by Crippen LogP contribution is -2.53. The van der Waals surface area contributed by atoms with E-state index in [-0.39, 0.29) is 11.7 Å². The average molecular weight is 188 g/mol. The second kappa shape index (κ2) is 2.80. The van der Waals surface area contributed by atoms with E-state index < -0.39 is 11.7 Å². The lowest BCUT2D eigenvalue weighted by atomic mass is 10.2. The molecule has 0 aromatic rings. The minimum absolute atomic E-state index is 0.0994. The van der Waals surface area contributed by atoms with Gasteiger partial charge >= 0.3 is 5.97 Å². The molecule has 1 rings (SSSR count). The zero-order valence-corrected chi connectivity index (χ0v) is 7.21. The van der Waals surface area contributed by atoms with Crippen LogP contribution in [0.15, 0.2) is 4.99 Å². The molecule has 1 aliphatic heterocycles. The van der Waals surface area contributed by atoms with Crippen molar-refractivity contribution in [2.24, 2.45) is 4.99 Å². The molecule has 5 nitrogen and oxygen atoms in total. The third-order valence-electron chi connectivity index (χ3n) is 1.63. The molecule has 2 N–H and O–H groups in total. The summed E-state index contributed by atoms with van der Waals surface area (Å²) >= 11 is 4.71. The normalized spacial score (nSPS) is 21.2. The van der Waals surface area contributed by atoms with E-state index >= 15 is 0 Å². The number of hydrogen-bond acceptors (Lipinski definition) is 3. The Bertz CT molecular complexity index is 262. The molecule has 0 spiro atoms. The first-order chi connectivity index (χ1) is 5.46. The van der Waals surface area contributed by atoms with Gasteiger partial charge in [0.05, 0.1) is 6.54 Å². The molecule has 6 heteroatoms. The Hall–Kier alpha value is -1.01. The Morgan fingerprint density at radius 3 is 2.83 bits per heavy atom. The van der Waals surface area contributed by atoms with Crippen molar-refractivity contribution in [2.45, 2.75) is 12.6 Å². The van der Waals surface area contributed by atoms with Crippen LogP contribution < -0.4 is 0 Å². The summed E-state index contributed by atoms with van der Waals surface area (Å²) < 4.78 is 0. The molecule has 0 aromatic heterocycles. The van der Waals surface area contributed by atoms with E-state index in [0.29, 0.717) is 0 Å². The number of rotatable bonds is 2. The third kappa shape index (κ3) is 1.30. The van der Waals surface area contributed by atoms with Gasteiger partial charge in [-0.05, 0) is 19.1 Å². The Morgan fingerprint density at radius 1 is 1.92 bits per heavy atom. The van der Waals surface area contributed by atoms with Gasteiger partial charge in [0.15, 0.2) is 5.11 Å². The van der Waals surface area contributed by atoms with Crippen LogP contribution in [0.4, 0.5) is 0 Å². The SMILES string of the molecule is CC(O)(C(=O)O)N1CC=NC1=S. The van der Waals surface area contributed by atoms with Crippen LogP contribution in [0, 0.1) is 0 Å². The van der Waals surface area contributed by atoms with Crippen LogP contribution in [0.5, 0.6) is 0 Å². The summed E-state index contributed by atoms with van der Waals surface area (Å²) in [5.41, 5.74) is -1.96. The van der Waals surface area contributed by atoms with Gasteiger partial charge in [-0.25, -0.2) is 9.79 Å². The fraction of sp³-hybridized carbons (Fsp3) is 0.500. The van der Waals surface area contributed by atoms with Gasteiger partial charge in [0, 0.05) is 6.21 Å². The van der Waals surface area contributed by atoms with Crippen molar-refractivity contribution in [1.82, 2.24) is 4.90 Å². The first-order valence-corrected chi connectivity index (χ1v) is 3.67. The van der Waals surface area contributed by atoms with Crippen molar-refractivity contribution in [1.29, 1.82) is 0 Å². The number of thiocarbonyl (C=S) groups is 1. The van der Waals surface area contributed by atoms with Crippen LogP contribution in [-0.2, 0) is 4.79 Å². The van der Waals surface area contributed by atoms with E-state index in [0.717, 1.165) is 11.8 Å². The topological polar surface area (TPSA) is 73.1 Å². The third-order valence-corrected chi connectivity index (χ3v) is 1.95. The number of carbonyl (C=O) groups is 1. The molecule has 0 saturated heterocycles. The number of hydrogen-bond donors (Lipinski definition) is 2.